The molecule has 1 heterocycles. The third-order valence-electron chi connectivity index (χ3n) is 3.89. The fraction of sp³-hybridized carbons (Fsp3) is 0.111. The van der Waals surface area contributed by atoms with Gasteiger partial charge in [-0.2, -0.15) is 5.10 Å². The van der Waals surface area contributed by atoms with Gasteiger partial charge in [0, 0.05) is 39.9 Å². The van der Waals surface area contributed by atoms with Crippen LogP contribution in [0.5, 0.6) is 0 Å². The van der Waals surface area contributed by atoms with Crippen molar-refractivity contribution in [3.05, 3.63) is 64.8 Å². The van der Waals surface area contributed by atoms with E-state index in [1.165, 1.54) is 0 Å². The van der Waals surface area contributed by atoms with Gasteiger partial charge >= 0.3 is 6.03 Å². The topological polar surface area (TPSA) is 58.4 Å². The van der Waals surface area contributed by atoms with Crippen molar-refractivity contribution in [1.29, 1.82) is 0 Å². The van der Waals surface area contributed by atoms with Crippen LogP contribution in [0.15, 0.2) is 53.6 Å². The summed E-state index contributed by atoms with van der Waals surface area (Å²) in [7, 11) is 2.01. The van der Waals surface area contributed by atoms with Gasteiger partial charge in [-0.25, -0.2) is 10.2 Å². The smallest absolute Gasteiger partial charge is 0.339 e. The fourth-order valence-corrected chi connectivity index (χ4v) is 2.78. The molecule has 5 nitrogen and oxygen atoms in total. The van der Waals surface area contributed by atoms with Crippen LogP contribution < -0.4 is 10.7 Å². The second-order valence-corrected chi connectivity index (χ2v) is 5.85. The molecule has 0 unspecified atom stereocenters. The van der Waals surface area contributed by atoms with Gasteiger partial charge in [0.1, 0.15) is 0 Å². The number of rotatable bonds is 3. The number of aryl methyl sites for hydroxylation is 1. The summed E-state index contributed by atoms with van der Waals surface area (Å²) in [5, 5.41) is 8.38. The van der Waals surface area contributed by atoms with E-state index in [9.17, 15) is 4.79 Å². The van der Waals surface area contributed by atoms with Crippen molar-refractivity contribution in [2.24, 2.45) is 12.1 Å². The van der Waals surface area contributed by atoms with Gasteiger partial charge in [0.15, 0.2) is 0 Å². The highest BCUT2D eigenvalue weighted by atomic mass is 35.5. The maximum atomic E-state index is 11.9. The molecule has 0 aliphatic heterocycles. The normalized spacial score (nSPS) is 11.1. The van der Waals surface area contributed by atoms with Gasteiger partial charge in [0.2, 0.25) is 0 Å². The summed E-state index contributed by atoms with van der Waals surface area (Å²) >= 11 is 5.88. The van der Waals surface area contributed by atoms with E-state index in [0.717, 1.165) is 22.2 Å². The first-order valence-corrected chi connectivity index (χ1v) is 7.83. The summed E-state index contributed by atoms with van der Waals surface area (Å²) < 4.78 is 2.10. The van der Waals surface area contributed by atoms with Crippen molar-refractivity contribution in [1.82, 2.24) is 9.99 Å². The number of benzene rings is 2. The Kier molecular flexibility index (Phi) is 4.53. The number of urea groups is 1. The minimum Gasteiger partial charge on any atom is -0.347 e. The molecule has 122 valence electrons. The van der Waals surface area contributed by atoms with Crippen LogP contribution in [-0.2, 0) is 7.05 Å². The number of halogens is 1. The van der Waals surface area contributed by atoms with Crippen LogP contribution in [0.25, 0.3) is 10.9 Å². The first-order chi connectivity index (χ1) is 11.6. The Bertz CT molecular complexity index is 930. The van der Waals surface area contributed by atoms with Gasteiger partial charge in [0.25, 0.3) is 0 Å². The Morgan fingerprint density at radius 3 is 2.79 bits per heavy atom. The number of amides is 2. The molecule has 2 N–H and O–H groups in total. The minimum absolute atomic E-state index is 0.425. The molecule has 0 atom stereocenters. The van der Waals surface area contributed by atoms with E-state index >= 15 is 0 Å². The van der Waals surface area contributed by atoms with Crippen molar-refractivity contribution >= 4 is 40.4 Å². The van der Waals surface area contributed by atoms with Crippen LogP contribution in [0.3, 0.4) is 0 Å². The van der Waals surface area contributed by atoms with Gasteiger partial charge in [-0.1, -0.05) is 35.9 Å². The Balaban J connectivity index is 1.73. The Morgan fingerprint density at radius 1 is 1.21 bits per heavy atom. The van der Waals surface area contributed by atoms with E-state index in [0.29, 0.717) is 10.7 Å². The molecule has 6 heteroatoms. The number of carbonyl (C=O) groups is 1. The van der Waals surface area contributed by atoms with Crippen LogP contribution >= 0.6 is 11.6 Å². The predicted octanol–water partition coefficient (Wildman–Crippen LogP) is 4.30. The Morgan fingerprint density at radius 2 is 2.00 bits per heavy atom. The molecule has 0 spiro atoms. The molecule has 0 aliphatic rings. The van der Waals surface area contributed by atoms with Crippen molar-refractivity contribution in [3.8, 4) is 0 Å². The Hall–Kier alpha value is -2.79. The summed E-state index contributed by atoms with van der Waals surface area (Å²) in [5.74, 6) is 0. The summed E-state index contributed by atoms with van der Waals surface area (Å²) in [5.41, 5.74) is 6.26. The van der Waals surface area contributed by atoms with E-state index < -0.39 is 6.03 Å². The average Bonchev–Trinajstić information content (AvgIpc) is 2.80. The molecule has 3 rings (SSSR count). The first-order valence-electron chi connectivity index (χ1n) is 7.46. The number of carbonyl (C=O) groups excluding carboxylic acids is 1. The second kappa shape index (κ2) is 6.76. The largest absolute Gasteiger partial charge is 0.347 e. The first kappa shape index (κ1) is 16.1. The standard InChI is InChI=1S/C18H17ClN4O/c1-12-16(15-8-3-4-9-17(15)23(12)2)11-20-22-18(24)21-14-7-5-6-13(19)10-14/h3-11H,1-2H3,(H2,21,22,24)/b20-11-. The van der Waals surface area contributed by atoms with Gasteiger partial charge in [-0.15, -0.1) is 0 Å². The maximum Gasteiger partial charge on any atom is 0.339 e. The molecule has 0 bridgehead atoms. The van der Waals surface area contributed by atoms with E-state index in [-0.39, 0.29) is 0 Å². The van der Waals surface area contributed by atoms with Gasteiger partial charge in [-0.05, 0) is 31.2 Å². The average molecular weight is 341 g/mol. The molecule has 0 saturated heterocycles. The molecule has 24 heavy (non-hydrogen) atoms. The van der Waals surface area contributed by atoms with Crippen LogP contribution in [0.1, 0.15) is 11.3 Å². The lowest BCUT2D eigenvalue weighted by Gasteiger charge is -2.04. The number of hydrogen-bond acceptors (Lipinski definition) is 2. The van der Waals surface area contributed by atoms with Crippen molar-refractivity contribution in [2.45, 2.75) is 6.92 Å². The zero-order valence-electron chi connectivity index (χ0n) is 13.4. The number of nitrogens with one attached hydrogen (secondary N) is 2. The van der Waals surface area contributed by atoms with E-state index in [1.54, 1.807) is 30.5 Å². The van der Waals surface area contributed by atoms with Gasteiger partial charge in [-0.3, -0.25) is 0 Å². The number of fused-ring (bicyclic) bond motifs is 1. The van der Waals surface area contributed by atoms with Crippen LogP contribution in [-0.4, -0.2) is 16.8 Å². The molecule has 2 aromatic carbocycles. The molecular weight excluding hydrogens is 324 g/mol. The van der Waals surface area contributed by atoms with Gasteiger partial charge < -0.3 is 9.88 Å². The SMILES string of the molecule is Cc1c(/C=N\NC(=O)Nc2cccc(Cl)c2)c2ccccc2n1C. The highest BCUT2D eigenvalue weighted by Crippen LogP contribution is 2.23. The lowest BCUT2D eigenvalue weighted by molar-refractivity contribution is 0.252. The zero-order chi connectivity index (χ0) is 17.1. The highest BCUT2D eigenvalue weighted by molar-refractivity contribution is 6.30. The molecule has 1 aromatic heterocycles. The number of nitrogens with zero attached hydrogens (tertiary/aromatic N) is 2. The zero-order valence-corrected chi connectivity index (χ0v) is 14.1. The number of hydrogen-bond donors (Lipinski definition) is 2. The summed E-state index contributed by atoms with van der Waals surface area (Å²) in [6, 6.07) is 14.6. The predicted molar refractivity (Wildman–Crippen MR) is 98.9 cm³/mol. The quantitative estimate of drug-likeness (QED) is 0.542. The molecule has 0 aliphatic carbocycles. The van der Waals surface area contributed by atoms with E-state index in [1.807, 2.05) is 32.2 Å². The fourth-order valence-electron chi connectivity index (χ4n) is 2.59. The second-order valence-electron chi connectivity index (χ2n) is 5.41. The van der Waals surface area contributed by atoms with Crippen molar-refractivity contribution in [2.75, 3.05) is 5.32 Å². The number of aromatic nitrogens is 1. The minimum atomic E-state index is -0.425. The Labute approximate surface area is 144 Å². The van der Waals surface area contributed by atoms with Crippen LogP contribution in [0.4, 0.5) is 10.5 Å². The molecule has 0 fully saturated rings. The lowest BCUT2D eigenvalue weighted by Crippen LogP contribution is -2.24. The van der Waals surface area contributed by atoms with Crippen molar-refractivity contribution in [3.63, 3.8) is 0 Å². The summed E-state index contributed by atoms with van der Waals surface area (Å²) in [4.78, 5) is 11.9. The van der Waals surface area contributed by atoms with Gasteiger partial charge in [0.05, 0.1) is 6.21 Å². The summed E-state index contributed by atoms with van der Waals surface area (Å²) in [6.45, 7) is 2.02. The highest BCUT2D eigenvalue weighted by Gasteiger charge is 2.09. The van der Waals surface area contributed by atoms with E-state index in [4.69, 9.17) is 11.6 Å². The number of hydrazone groups is 1. The third kappa shape index (κ3) is 3.26. The molecule has 0 radical (unpaired) electrons. The molecule has 0 saturated carbocycles. The van der Waals surface area contributed by atoms with Crippen LogP contribution in [0, 0.1) is 6.92 Å². The molecule has 2 amide bonds. The lowest BCUT2D eigenvalue weighted by atomic mass is 10.1. The third-order valence-corrected chi connectivity index (χ3v) is 4.13. The molecular formula is C18H17ClN4O. The number of anilines is 1. The number of para-hydroxylation sites is 1. The monoisotopic (exact) mass is 340 g/mol. The maximum absolute atomic E-state index is 11.9. The summed E-state index contributed by atoms with van der Waals surface area (Å²) in [6.07, 6.45) is 1.66. The van der Waals surface area contributed by atoms with E-state index in [2.05, 4.69) is 26.5 Å². The van der Waals surface area contributed by atoms with Crippen LogP contribution in [0.2, 0.25) is 5.02 Å². The van der Waals surface area contributed by atoms with Crippen molar-refractivity contribution < 1.29 is 4.79 Å². The molecule has 3 aromatic rings.